The first-order valence-electron chi connectivity index (χ1n) is 8.18. The minimum Gasteiger partial charge on any atom is -0.371 e. The van der Waals surface area contributed by atoms with Crippen LogP contribution in [0.25, 0.3) is 16.7 Å². The predicted octanol–water partition coefficient (Wildman–Crippen LogP) is 2.42. The number of hydrogen-bond donors (Lipinski definition) is 2. The van der Waals surface area contributed by atoms with E-state index < -0.39 is 5.60 Å². The number of thiazole rings is 1. The third-order valence-corrected chi connectivity index (χ3v) is 5.03. The smallest absolute Gasteiger partial charge is 0.221 e. The molecule has 134 valence electrons. The van der Waals surface area contributed by atoms with Crippen LogP contribution in [0.5, 0.6) is 0 Å². The van der Waals surface area contributed by atoms with E-state index in [1.165, 1.54) is 11.3 Å². The van der Waals surface area contributed by atoms with E-state index in [4.69, 9.17) is 5.73 Å². The highest BCUT2D eigenvalue weighted by molar-refractivity contribution is 7.09. The molecule has 3 heterocycles. The van der Waals surface area contributed by atoms with E-state index in [0.29, 0.717) is 10.8 Å². The zero-order chi connectivity index (χ0) is 19.0. The minimum atomic E-state index is -1.31. The first-order chi connectivity index (χ1) is 12.9. The summed E-state index contributed by atoms with van der Waals surface area (Å²) in [5.74, 6) is 6.70. The average Bonchev–Trinajstić information content (AvgIpc) is 3.29. The zero-order valence-corrected chi connectivity index (χ0v) is 15.5. The molecular formula is C19H16N6OS. The SMILES string of the molecule is Cc1nn(-c2ccnc(N)n2)c2cc(C#C[C@](C)(O)c3nccs3)ccc12. The van der Waals surface area contributed by atoms with Gasteiger partial charge in [0.05, 0.1) is 11.2 Å². The van der Waals surface area contributed by atoms with Crippen LogP contribution in [0.4, 0.5) is 5.95 Å². The Kier molecular flexibility index (Phi) is 4.11. The van der Waals surface area contributed by atoms with Gasteiger partial charge in [-0.1, -0.05) is 11.8 Å². The number of anilines is 1. The predicted molar refractivity (Wildman–Crippen MR) is 104 cm³/mol. The topological polar surface area (TPSA) is 103 Å². The number of nitrogens with two attached hydrogens (primary N) is 1. The van der Waals surface area contributed by atoms with E-state index >= 15 is 0 Å². The van der Waals surface area contributed by atoms with Crippen LogP contribution < -0.4 is 5.73 Å². The van der Waals surface area contributed by atoms with Gasteiger partial charge in [-0.3, -0.25) is 0 Å². The third kappa shape index (κ3) is 3.26. The second-order valence-corrected chi connectivity index (χ2v) is 7.06. The van der Waals surface area contributed by atoms with E-state index in [0.717, 1.165) is 22.2 Å². The summed E-state index contributed by atoms with van der Waals surface area (Å²) in [4.78, 5) is 12.3. The maximum absolute atomic E-state index is 10.5. The van der Waals surface area contributed by atoms with Gasteiger partial charge in [0, 0.05) is 34.8 Å². The van der Waals surface area contributed by atoms with Gasteiger partial charge < -0.3 is 10.8 Å². The second-order valence-electron chi connectivity index (χ2n) is 6.16. The summed E-state index contributed by atoms with van der Waals surface area (Å²) in [6.45, 7) is 3.57. The summed E-state index contributed by atoms with van der Waals surface area (Å²) in [6, 6.07) is 7.52. The van der Waals surface area contributed by atoms with Crippen LogP contribution in [0, 0.1) is 18.8 Å². The lowest BCUT2D eigenvalue weighted by Crippen LogP contribution is -2.17. The van der Waals surface area contributed by atoms with Crippen molar-refractivity contribution in [2.75, 3.05) is 5.73 Å². The van der Waals surface area contributed by atoms with Crippen molar-refractivity contribution >= 4 is 28.2 Å². The summed E-state index contributed by atoms with van der Waals surface area (Å²) in [5, 5.41) is 18.5. The molecule has 0 saturated heterocycles. The fourth-order valence-corrected chi connectivity index (χ4v) is 3.37. The van der Waals surface area contributed by atoms with Gasteiger partial charge >= 0.3 is 0 Å². The standard InChI is InChI=1S/C19H16N6OS/c1-12-14-4-3-13(5-7-19(2,26)17-21-9-10-27-17)11-15(14)25(24-12)16-6-8-22-18(20)23-16/h3-4,6,8-11,26H,1-2H3,(H2,20,22,23)/t19-/m0/s1. The van der Waals surface area contributed by atoms with Crippen molar-refractivity contribution < 1.29 is 5.11 Å². The maximum atomic E-state index is 10.5. The second kappa shape index (κ2) is 6.46. The molecule has 0 fully saturated rings. The zero-order valence-electron chi connectivity index (χ0n) is 14.7. The molecule has 0 aliphatic carbocycles. The molecule has 4 aromatic rings. The van der Waals surface area contributed by atoms with E-state index in [-0.39, 0.29) is 5.95 Å². The van der Waals surface area contributed by atoms with Gasteiger partial charge in [-0.25, -0.2) is 14.6 Å². The summed E-state index contributed by atoms with van der Waals surface area (Å²) in [6.07, 6.45) is 3.24. The van der Waals surface area contributed by atoms with Crippen LogP contribution in [-0.2, 0) is 5.60 Å². The summed E-state index contributed by atoms with van der Waals surface area (Å²) in [5.41, 5.74) is 6.87. The normalized spacial score (nSPS) is 13.1. The lowest BCUT2D eigenvalue weighted by atomic mass is 10.1. The molecule has 3 aromatic heterocycles. The molecule has 0 spiro atoms. The molecule has 0 aliphatic rings. The van der Waals surface area contributed by atoms with Gasteiger partial charge in [0.15, 0.2) is 11.4 Å². The van der Waals surface area contributed by atoms with Crippen LogP contribution >= 0.6 is 11.3 Å². The van der Waals surface area contributed by atoms with E-state index in [1.807, 2.05) is 30.5 Å². The molecule has 4 rings (SSSR count). The quantitative estimate of drug-likeness (QED) is 0.521. The average molecular weight is 376 g/mol. The molecule has 1 aromatic carbocycles. The molecule has 1 atom stereocenters. The molecule has 0 aliphatic heterocycles. The molecule has 27 heavy (non-hydrogen) atoms. The number of benzene rings is 1. The highest BCUT2D eigenvalue weighted by Crippen LogP contribution is 2.24. The first kappa shape index (κ1) is 17.1. The number of aliphatic hydroxyl groups is 1. The van der Waals surface area contributed by atoms with Crippen molar-refractivity contribution in [3.63, 3.8) is 0 Å². The fourth-order valence-electron chi connectivity index (χ4n) is 2.72. The van der Waals surface area contributed by atoms with E-state index in [9.17, 15) is 5.11 Å². The Hall–Kier alpha value is -3.28. The number of rotatable bonds is 2. The van der Waals surface area contributed by atoms with Crippen molar-refractivity contribution in [3.8, 4) is 17.7 Å². The summed E-state index contributed by atoms with van der Waals surface area (Å²) in [7, 11) is 0. The van der Waals surface area contributed by atoms with Crippen molar-refractivity contribution in [2.45, 2.75) is 19.4 Å². The monoisotopic (exact) mass is 376 g/mol. The van der Waals surface area contributed by atoms with Crippen LogP contribution in [0.3, 0.4) is 0 Å². The molecular weight excluding hydrogens is 360 g/mol. The number of nitrogen functional groups attached to an aromatic ring is 1. The minimum absolute atomic E-state index is 0.184. The number of nitrogens with zero attached hydrogens (tertiary/aromatic N) is 5. The summed E-state index contributed by atoms with van der Waals surface area (Å²) >= 11 is 1.37. The molecule has 0 saturated carbocycles. The maximum Gasteiger partial charge on any atom is 0.221 e. The van der Waals surface area contributed by atoms with Gasteiger partial charge in [0.25, 0.3) is 0 Å². The molecule has 3 N–H and O–H groups in total. The van der Waals surface area contributed by atoms with Crippen molar-refractivity contribution in [1.82, 2.24) is 24.7 Å². The van der Waals surface area contributed by atoms with Gasteiger partial charge in [-0.15, -0.1) is 11.3 Å². The van der Waals surface area contributed by atoms with Gasteiger partial charge in [-0.2, -0.15) is 10.1 Å². The van der Waals surface area contributed by atoms with Crippen molar-refractivity contribution in [3.05, 3.63) is 58.3 Å². The van der Waals surface area contributed by atoms with Gasteiger partial charge in [0.2, 0.25) is 5.95 Å². The molecule has 0 unspecified atom stereocenters. The Bertz CT molecular complexity index is 1180. The molecule has 0 bridgehead atoms. The lowest BCUT2D eigenvalue weighted by molar-refractivity contribution is 0.122. The van der Waals surface area contributed by atoms with E-state index in [2.05, 4.69) is 31.9 Å². The Balaban J connectivity index is 1.79. The molecule has 7 nitrogen and oxygen atoms in total. The van der Waals surface area contributed by atoms with Crippen LogP contribution in [0.2, 0.25) is 0 Å². The highest BCUT2D eigenvalue weighted by Gasteiger charge is 2.22. The van der Waals surface area contributed by atoms with Crippen molar-refractivity contribution in [1.29, 1.82) is 0 Å². The number of hydrogen-bond acceptors (Lipinski definition) is 7. The molecule has 0 amide bonds. The highest BCUT2D eigenvalue weighted by atomic mass is 32.1. The lowest BCUT2D eigenvalue weighted by Gasteiger charge is -2.11. The van der Waals surface area contributed by atoms with Gasteiger partial charge in [0.1, 0.15) is 5.01 Å². The Morgan fingerprint density at radius 3 is 2.81 bits per heavy atom. The number of aryl methyl sites for hydroxylation is 1. The van der Waals surface area contributed by atoms with Gasteiger partial charge in [-0.05, 0) is 32.0 Å². The van der Waals surface area contributed by atoms with Crippen LogP contribution in [0.15, 0.2) is 42.0 Å². The number of aromatic nitrogens is 5. The Morgan fingerprint density at radius 2 is 2.07 bits per heavy atom. The molecule has 8 heteroatoms. The van der Waals surface area contributed by atoms with E-state index in [1.54, 1.807) is 30.1 Å². The fraction of sp³-hybridized carbons (Fsp3) is 0.158. The molecule has 0 radical (unpaired) electrons. The first-order valence-corrected chi connectivity index (χ1v) is 9.06. The Morgan fingerprint density at radius 1 is 1.22 bits per heavy atom. The van der Waals surface area contributed by atoms with Crippen LogP contribution in [-0.4, -0.2) is 29.8 Å². The largest absolute Gasteiger partial charge is 0.371 e. The summed E-state index contributed by atoms with van der Waals surface area (Å²) < 4.78 is 1.72. The number of fused-ring (bicyclic) bond motifs is 1. The van der Waals surface area contributed by atoms with Crippen molar-refractivity contribution in [2.24, 2.45) is 0 Å². The Labute approximate surface area is 159 Å². The van der Waals surface area contributed by atoms with Crippen LogP contribution in [0.1, 0.15) is 23.2 Å². The third-order valence-electron chi connectivity index (χ3n) is 4.04.